The molecule has 2 aromatic carbocycles. The lowest BCUT2D eigenvalue weighted by atomic mass is 9.76. The average molecular weight is 707 g/mol. The molecule has 0 unspecified atom stereocenters. The Bertz CT molecular complexity index is 1870. The second-order valence-corrected chi connectivity index (χ2v) is 13.1. The van der Waals surface area contributed by atoms with E-state index >= 15 is 0 Å². The molecule has 2 atom stereocenters. The topological polar surface area (TPSA) is 150 Å². The Morgan fingerprint density at radius 1 is 1.08 bits per heavy atom. The van der Waals surface area contributed by atoms with E-state index in [1.807, 2.05) is 29.2 Å². The van der Waals surface area contributed by atoms with E-state index in [-0.39, 0.29) is 46.4 Å². The van der Waals surface area contributed by atoms with Crippen LogP contribution in [0.25, 0.3) is 16.8 Å². The maximum atomic E-state index is 14.9. The minimum absolute atomic E-state index is 0.0879. The van der Waals surface area contributed by atoms with Gasteiger partial charge in [0.05, 0.1) is 18.0 Å². The third-order valence-corrected chi connectivity index (χ3v) is 9.43. The number of aromatic nitrogens is 4. The van der Waals surface area contributed by atoms with Gasteiger partial charge in [0.15, 0.2) is 0 Å². The van der Waals surface area contributed by atoms with E-state index < -0.39 is 12.3 Å². The number of hydrogen-bond donors (Lipinski definition) is 3. The third kappa shape index (κ3) is 8.25. The summed E-state index contributed by atoms with van der Waals surface area (Å²) >= 11 is 0. The molecule has 4 N–H and O–H groups in total. The molecule has 0 bridgehead atoms. The number of ether oxygens (including phenoxy) is 2. The largest absolute Gasteiger partial charge is 0.465 e. The molecule has 1 spiro atoms. The lowest BCUT2D eigenvalue weighted by molar-refractivity contribution is -0.198. The number of piperidine rings is 1. The summed E-state index contributed by atoms with van der Waals surface area (Å²) in [6.45, 7) is 7.45. The highest BCUT2D eigenvalue weighted by Gasteiger charge is 2.46. The number of nitrogens with two attached hydrogens (primary N) is 1. The highest BCUT2D eigenvalue weighted by molar-refractivity contribution is 5.76. The van der Waals surface area contributed by atoms with Gasteiger partial charge in [-0.15, -0.1) is 0 Å². The Morgan fingerprint density at radius 3 is 2.45 bits per heavy atom. The number of hydrogen-bond acceptors (Lipinski definition) is 10. The number of carbonyl (C=O) groups is 2. The normalized spacial score (nSPS) is 17.7. The number of nitrogens with one attached hydrogen (secondary N) is 2. The molecule has 4 heterocycles. The number of esters is 1. The molecule has 51 heavy (non-hydrogen) atoms. The predicted octanol–water partition coefficient (Wildman–Crippen LogP) is 5.05. The molecule has 12 nitrogen and oxygen atoms in total. The van der Waals surface area contributed by atoms with E-state index in [1.54, 1.807) is 38.2 Å². The zero-order valence-electron chi connectivity index (χ0n) is 28.7. The summed E-state index contributed by atoms with van der Waals surface area (Å²) in [5.41, 5.74) is 8.89. The number of halogens is 3. The van der Waals surface area contributed by atoms with Crippen LogP contribution in [0.5, 0.6) is 5.88 Å². The number of anilines is 2. The molecular weight excluding hydrogens is 665 g/mol. The van der Waals surface area contributed by atoms with Crippen molar-refractivity contribution in [2.75, 3.05) is 36.9 Å². The van der Waals surface area contributed by atoms with Gasteiger partial charge < -0.3 is 30.7 Å². The number of nitrogen functional groups attached to an aromatic ring is 1. The van der Waals surface area contributed by atoms with Crippen LogP contribution in [0.3, 0.4) is 0 Å². The SMILES string of the molecule is CCOC(=O)[C@@H]1CC2(CCN(c3cc(O[C@H](c4ccc(-c5ccc(CNC(C)=O)cc5)cc4-n4ccc(C)n4)C(F)(F)F)nc(N)n3)CC2)CN1. The standard InChI is InChI=1S/C36H41F3N8O4/c1-4-50-33(49)28-19-35(21-42-28)12-15-46(16-13-35)30-18-31(44-34(40)43-30)51-32(36(37,38)39)27-10-9-26(17-29(27)47-14-11-22(2)45-47)25-7-5-24(6-8-25)20-41-23(3)48/h5-11,14,17-18,28,32,42H,4,12-13,15-16,19-21H2,1-3H3,(H,41,48)(H2,40,43,44)/t28-,32+/m0/s1. The summed E-state index contributed by atoms with van der Waals surface area (Å²) in [6.07, 6.45) is -3.50. The molecule has 2 aromatic heterocycles. The number of rotatable bonds is 10. The van der Waals surface area contributed by atoms with Crippen molar-refractivity contribution in [1.29, 1.82) is 0 Å². The molecule has 6 rings (SSSR count). The molecule has 2 aliphatic heterocycles. The van der Waals surface area contributed by atoms with E-state index in [4.69, 9.17) is 15.2 Å². The molecule has 0 saturated carbocycles. The first-order valence-electron chi connectivity index (χ1n) is 16.9. The fourth-order valence-electron chi connectivity index (χ4n) is 6.73. The number of benzene rings is 2. The van der Waals surface area contributed by atoms with Crippen molar-refractivity contribution in [3.63, 3.8) is 0 Å². The zero-order chi connectivity index (χ0) is 36.3. The summed E-state index contributed by atoms with van der Waals surface area (Å²) in [5.74, 6) is -0.568. The Hall–Kier alpha value is -5.18. The molecule has 0 aliphatic carbocycles. The lowest BCUT2D eigenvalue weighted by Crippen LogP contribution is -2.41. The molecule has 0 radical (unpaired) electrons. The molecule has 2 fully saturated rings. The second-order valence-electron chi connectivity index (χ2n) is 13.1. The summed E-state index contributed by atoms with van der Waals surface area (Å²) in [4.78, 5) is 33.9. The van der Waals surface area contributed by atoms with Crippen LogP contribution >= 0.6 is 0 Å². The van der Waals surface area contributed by atoms with Gasteiger partial charge in [0.1, 0.15) is 11.9 Å². The first-order chi connectivity index (χ1) is 24.3. The number of amides is 1. The van der Waals surface area contributed by atoms with Gasteiger partial charge in [-0.3, -0.25) is 9.59 Å². The van der Waals surface area contributed by atoms with Crippen LogP contribution in [-0.2, 0) is 20.9 Å². The van der Waals surface area contributed by atoms with Gasteiger partial charge in [0, 0.05) is 50.9 Å². The number of carbonyl (C=O) groups excluding carboxylic acids is 2. The van der Waals surface area contributed by atoms with Gasteiger partial charge in [-0.2, -0.15) is 28.2 Å². The van der Waals surface area contributed by atoms with Crippen molar-refractivity contribution < 1.29 is 32.2 Å². The molecule has 15 heteroatoms. The number of nitrogens with zero attached hydrogens (tertiary/aromatic N) is 5. The van der Waals surface area contributed by atoms with E-state index in [0.29, 0.717) is 56.3 Å². The van der Waals surface area contributed by atoms with Gasteiger partial charge in [-0.05, 0) is 67.3 Å². The van der Waals surface area contributed by atoms with Crippen LogP contribution in [-0.4, -0.2) is 70.1 Å². The van der Waals surface area contributed by atoms with Crippen molar-refractivity contribution in [2.45, 2.75) is 64.9 Å². The van der Waals surface area contributed by atoms with Crippen molar-refractivity contribution >= 4 is 23.6 Å². The average Bonchev–Trinajstić information content (AvgIpc) is 3.72. The minimum atomic E-state index is -4.84. The highest BCUT2D eigenvalue weighted by atomic mass is 19.4. The van der Waals surface area contributed by atoms with Crippen molar-refractivity contribution in [3.8, 4) is 22.7 Å². The van der Waals surface area contributed by atoms with E-state index in [9.17, 15) is 22.8 Å². The molecular formula is C36H41F3N8O4. The molecule has 1 amide bonds. The minimum Gasteiger partial charge on any atom is -0.465 e. The Balaban J connectivity index is 1.25. The van der Waals surface area contributed by atoms with Crippen LogP contribution < -0.4 is 26.0 Å². The maximum absolute atomic E-state index is 14.9. The smallest absolute Gasteiger partial charge is 0.429 e. The summed E-state index contributed by atoms with van der Waals surface area (Å²) in [6, 6.07) is 14.8. The van der Waals surface area contributed by atoms with Crippen LogP contribution in [0, 0.1) is 12.3 Å². The van der Waals surface area contributed by atoms with Crippen LogP contribution in [0.1, 0.15) is 56.0 Å². The van der Waals surface area contributed by atoms with Crippen molar-refractivity contribution in [2.24, 2.45) is 5.41 Å². The summed E-state index contributed by atoms with van der Waals surface area (Å²) in [7, 11) is 0. The van der Waals surface area contributed by atoms with Gasteiger partial charge in [-0.25, -0.2) is 4.68 Å². The molecule has 2 saturated heterocycles. The van der Waals surface area contributed by atoms with Crippen molar-refractivity contribution in [3.05, 3.63) is 77.6 Å². The monoisotopic (exact) mass is 706 g/mol. The van der Waals surface area contributed by atoms with E-state index in [1.165, 1.54) is 23.7 Å². The highest BCUT2D eigenvalue weighted by Crippen LogP contribution is 2.43. The number of aryl methyl sites for hydroxylation is 1. The summed E-state index contributed by atoms with van der Waals surface area (Å²) in [5, 5.41) is 10.4. The Morgan fingerprint density at radius 2 is 1.80 bits per heavy atom. The fraction of sp³-hybridized carbons (Fsp3) is 0.417. The van der Waals surface area contributed by atoms with Crippen LogP contribution in [0.4, 0.5) is 24.9 Å². The van der Waals surface area contributed by atoms with Crippen molar-refractivity contribution in [1.82, 2.24) is 30.4 Å². The quantitative estimate of drug-likeness (QED) is 0.191. The van der Waals surface area contributed by atoms with Gasteiger partial charge in [-0.1, -0.05) is 36.4 Å². The third-order valence-electron chi connectivity index (χ3n) is 9.43. The van der Waals surface area contributed by atoms with Crippen LogP contribution in [0.2, 0.25) is 0 Å². The predicted molar refractivity (Wildman–Crippen MR) is 184 cm³/mol. The number of alkyl halides is 3. The van der Waals surface area contributed by atoms with Gasteiger partial charge in [0.25, 0.3) is 0 Å². The first-order valence-corrected chi connectivity index (χ1v) is 16.9. The maximum Gasteiger partial charge on any atom is 0.429 e. The van der Waals surface area contributed by atoms with Crippen LogP contribution in [0.15, 0.2) is 60.8 Å². The van der Waals surface area contributed by atoms with Gasteiger partial charge >= 0.3 is 12.1 Å². The molecule has 4 aromatic rings. The van der Waals surface area contributed by atoms with Gasteiger partial charge in [0.2, 0.25) is 23.8 Å². The van der Waals surface area contributed by atoms with E-state index in [0.717, 1.165) is 24.0 Å². The second kappa shape index (κ2) is 14.6. The fourth-order valence-corrected chi connectivity index (χ4v) is 6.73. The molecule has 270 valence electrons. The lowest BCUT2D eigenvalue weighted by Gasteiger charge is -2.39. The van der Waals surface area contributed by atoms with E-state index in [2.05, 4.69) is 25.7 Å². The first kappa shape index (κ1) is 35.6. The Labute approximate surface area is 293 Å². The Kier molecular flexibility index (Phi) is 10.2. The molecule has 2 aliphatic rings. The zero-order valence-corrected chi connectivity index (χ0v) is 28.7. The summed E-state index contributed by atoms with van der Waals surface area (Å²) < 4.78 is 57.1.